The van der Waals surface area contributed by atoms with Crippen molar-refractivity contribution in [2.75, 3.05) is 5.32 Å². The number of halogens is 2. The molecule has 2 aromatic heterocycles. The van der Waals surface area contributed by atoms with Crippen molar-refractivity contribution in [1.29, 1.82) is 0 Å². The van der Waals surface area contributed by atoms with Gasteiger partial charge in [-0.3, -0.25) is 24.9 Å². The summed E-state index contributed by atoms with van der Waals surface area (Å²) in [5.74, 6) is -0.782. The van der Waals surface area contributed by atoms with Gasteiger partial charge >= 0.3 is 5.69 Å². The Morgan fingerprint density at radius 3 is 2.74 bits per heavy atom. The number of nitrogens with one attached hydrogen (secondary N) is 1. The zero-order valence-corrected chi connectivity index (χ0v) is 15.7. The van der Waals surface area contributed by atoms with E-state index in [9.17, 15) is 14.9 Å². The maximum absolute atomic E-state index is 12.3. The minimum absolute atomic E-state index is 0.0114. The number of rotatable bonds is 5. The lowest BCUT2D eigenvalue weighted by Gasteiger charge is -2.04. The number of aromatic nitrogens is 5. The Kier molecular flexibility index (Phi) is 5.10. The lowest BCUT2D eigenvalue weighted by atomic mass is 10.2. The molecule has 3 rings (SSSR count). The van der Waals surface area contributed by atoms with Gasteiger partial charge in [-0.15, -0.1) is 5.10 Å². The van der Waals surface area contributed by atoms with Crippen LogP contribution in [0.4, 0.5) is 11.6 Å². The van der Waals surface area contributed by atoms with Crippen molar-refractivity contribution in [3.63, 3.8) is 0 Å². The third-order valence-electron chi connectivity index (χ3n) is 3.81. The minimum atomic E-state index is -0.771. The first-order chi connectivity index (χ1) is 12.8. The van der Waals surface area contributed by atoms with E-state index in [0.29, 0.717) is 16.6 Å². The van der Waals surface area contributed by atoms with Gasteiger partial charge in [0.2, 0.25) is 11.6 Å². The summed E-state index contributed by atoms with van der Waals surface area (Å²) in [6.07, 6.45) is 1.40. The van der Waals surface area contributed by atoms with Crippen LogP contribution in [0.3, 0.4) is 0 Å². The lowest BCUT2D eigenvalue weighted by molar-refractivity contribution is -0.385. The molecule has 0 aliphatic carbocycles. The zero-order valence-electron chi connectivity index (χ0n) is 14.2. The van der Waals surface area contributed by atoms with E-state index in [1.54, 1.807) is 18.2 Å². The van der Waals surface area contributed by atoms with Gasteiger partial charge in [-0.2, -0.15) is 5.10 Å². The number of hydrogen-bond acceptors (Lipinski definition) is 6. The van der Waals surface area contributed by atoms with E-state index in [1.165, 1.54) is 29.7 Å². The van der Waals surface area contributed by atoms with Gasteiger partial charge in [-0.25, -0.2) is 9.67 Å². The van der Waals surface area contributed by atoms with Crippen LogP contribution in [0.25, 0.3) is 0 Å². The van der Waals surface area contributed by atoms with Crippen molar-refractivity contribution in [3.05, 3.63) is 61.6 Å². The molecule has 3 aromatic rings. The molecule has 0 fully saturated rings. The number of hydrogen-bond donors (Lipinski definition) is 1. The Bertz CT molecular complexity index is 1040. The van der Waals surface area contributed by atoms with Crippen LogP contribution in [-0.2, 0) is 13.6 Å². The van der Waals surface area contributed by atoms with Crippen LogP contribution in [0.2, 0.25) is 10.0 Å². The first-order valence-corrected chi connectivity index (χ1v) is 8.34. The topological polar surface area (TPSA) is 121 Å². The molecule has 1 amide bonds. The van der Waals surface area contributed by atoms with Gasteiger partial charge in [0.15, 0.2) is 0 Å². The molecule has 140 valence electrons. The summed E-state index contributed by atoms with van der Waals surface area (Å²) in [6, 6.07) is 5.07. The van der Waals surface area contributed by atoms with Gasteiger partial charge in [0, 0.05) is 17.1 Å². The Morgan fingerprint density at radius 1 is 1.33 bits per heavy atom. The largest absolute Gasteiger partial charge is 0.322 e. The highest BCUT2D eigenvalue weighted by Crippen LogP contribution is 2.23. The smallest absolute Gasteiger partial charge is 0.287 e. The third kappa shape index (κ3) is 3.91. The van der Waals surface area contributed by atoms with Gasteiger partial charge in [0.25, 0.3) is 5.91 Å². The summed E-state index contributed by atoms with van der Waals surface area (Å²) in [7, 11) is 1.52. The van der Waals surface area contributed by atoms with E-state index in [2.05, 4.69) is 20.5 Å². The second kappa shape index (κ2) is 7.33. The van der Waals surface area contributed by atoms with E-state index in [1.807, 2.05) is 0 Å². The van der Waals surface area contributed by atoms with Crippen molar-refractivity contribution in [1.82, 2.24) is 24.5 Å². The van der Waals surface area contributed by atoms with E-state index in [-0.39, 0.29) is 23.0 Å². The summed E-state index contributed by atoms with van der Waals surface area (Å²) in [4.78, 5) is 26.9. The van der Waals surface area contributed by atoms with Gasteiger partial charge in [0.05, 0.1) is 11.5 Å². The van der Waals surface area contributed by atoms with E-state index in [0.717, 1.165) is 5.56 Å². The normalized spacial score (nSPS) is 10.8. The average molecular weight is 410 g/mol. The highest BCUT2D eigenvalue weighted by molar-refractivity contribution is 6.35. The van der Waals surface area contributed by atoms with Gasteiger partial charge in [-0.1, -0.05) is 29.3 Å². The number of aryl methyl sites for hydroxylation is 1. The molecule has 0 radical (unpaired) electrons. The van der Waals surface area contributed by atoms with Crippen molar-refractivity contribution >= 4 is 40.7 Å². The highest BCUT2D eigenvalue weighted by atomic mass is 35.5. The number of benzene rings is 1. The van der Waals surface area contributed by atoms with Crippen molar-refractivity contribution in [3.8, 4) is 0 Å². The highest BCUT2D eigenvalue weighted by Gasteiger charge is 2.29. The summed E-state index contributed by atoms with van der Waals surface area (Å²) < 4.78 is 2.73. The van der Waals surface area contributed by atoms with Gasteiger partial charge in [-0.05, 0) is 24.6 Å². The van der Waals surface area contributed by atoms with E-state index in [4.69, 9.17) is 23.2 Å². The maximum Gasteiger partial charge on any atom is 0.322 e. The number of carbonyl (C=O) groups excluding carboxylic acids is 1. The molecule has 1 N–H and O–H groups in total. The van der Waals surface area contributed by atoms with Crippen LogP contribution < -0.4 is 5.32 Å². The predicted octanol–water partition coefficient (Wildman–Crippen LogP) is 2.84. The summed E-state index contributed by atoms with van der Waals surface area (Å²) in [5.41, 5.74) is 0.361. The van der Waals surface area contributed by atoms with Crippen LogP contribution in [-0.4, -0.2) is 35.4 Å². The molecule has 0 saturated carbocycles. The Morgan fingerprint density at radius 2 is 2.07 bits per heavy atom. The number of nitrogens with zero attached hydrogens (tertiary/aromatic N) is 6. The SMILES string of the molecule is Cc1c([N+](=O)[O-])c(C(=O)Nc2ncn(Cc3ccc(Cl)cc3Cl)n2)nn1C. The first kappa shape index (κ1) is 18.8. The number of anilines is 1. The van der Waals surface area contributed by atoms with Crippen molar-refractivity contribution in [2.45, 2.75) is 13.5 Å². The summed E-state index contributed by atoms with van der Waals surface area (Å²) in [5, 5.41) is 22.6. The molecule has 27 heavy (non-hydrogen) atoms. The van der Waals surface area contributed by atoms with E-state index < -0.39 is 10.8 Å². The molecule has 10 nitrogen and oxygen atoms in total. The maximum atomic E-state index is 12.3. The standard InChI is InChI=1S/C15H13Cl2N7O3/c1-8-13(24(26)27)12(20-22(8)2)14(25)19-15-18-7-23(21-15)6-9-3-4-10(16)5-11(9)17/h3-5,7H,6H2,1-2H3,(H,19,21,25). The molecule has 0 spiro atoms. The molecular formula is C15H13Cl2N7O3. The second-order valence-corrected chi connectivity index (χ2v) is 6.46. The molecule has 0 aliphatic heterocycles. The van der Waals surface area contributed by atoms with Gasteiger partial charge in [0.1, 0.15) is 12.0 Å². The van der Waals surface area contributed by atoms with Crippen LogP contribution in [0.15, 0.2) is 24.5 Å². The average Bonchev–Trinajstić information content (AvgIpc) is 3.15. The Hall–Kier alpha value is -2.98. The lowest BCUT2D eigenvalue weighted by Crippen LogP contribution is -2.16. The fourth-order valence-electron chi connectivity index (χ4n) is 2.38. The number of nitro groups is 1. The zero-order chi connectivity index (χ0) is 19.7. The van der Waals surface area contributed by atoms with Crippen LogP contribution in [0.5, 0.6) is 0 Å². The molecule has 0 saturated heterocycles. The molecule has 0 unspecified atom stereocenters. The van der Waals surface area contributed by atoms with Crippen LogP contribution >= 0.6 is 23.2 Å². The van der Waals surface area contributed by atoms with Crippen molar-refractivity contribution < 1.29 is 9.72 Å². The monoisotopic (exact) mass is 409 g/mol. The minimum Gasteiger partial charge on any atom is -0.287 e. The summed E-state index contributed by atoms with van der Waals surface area (Å²) >= 11 is 12.0. The predicted molar refractivity (Wildman–Crippen MR) is 98.1 cm³/mol. The third-order valence-corrected chi connectivity index (χ3v) is 4.40. The molecule has 12 heteroatoms. The Labute approximate surface area is 162 Å². The molecule has 0 aliphatic rings. The first-order valence-electron chi connectivity index (χ1n) is 7.59. The second-order valence-electron chi connectivity index (χ2n) is 5.62. The molecule has 0 atom stereocenters. The van der Waals surface area contributed by atoms with Gasteiger partial charge < -0.3 is 0 Å². The molecule has 1 aromatic carbocycles. The molecule has 2 heterocycles. The fraction of sp³-hybridized carbons (Fsp3) is 0.200. The molecule has 0 bridgehead atoms. The Balaban J connectivity index is 1.77. The molecular weight excluding hydrogens is 397 g/mol. The van der Waals surface area contributed by atoms with Crippen LogP contribution in [0, 0.1) is 17.0 Å². The summed E-state index contributed by atoms with van der Waals surface area (Å²) in [6.45, 7) is 1.81. The fourth-order valence-corrected chi connectivity index (χ4v) is 2.85. The number of carbonyl (C=O) groups is 1. The quantitative estimate of drug-likeness (QED) is 0.510. The van der Waals surface area contributed by atoms with E-state index >= 15 is 0 Å². The van der Waals surface area contributed by atoms with Crippen molar-refractivity contribution in [2.24, 2.45) is 7.05 Å². The number of amides is 1. The van der Waals surface area contributed by atoms with Crippen LogP contribution in [0.1, 0.15) is 21.7 Å².